The summed E-state index contributed by atoms with van der Waals surface area (Å²) in [6.45, 7) is 2.90. The van der Waals surface area contributed by atoms with E-state index in [1.54, 1.807) is 23.8 Å². The maximum absolute atomic E-state index is 11.1. The number of methoxy groups -OCH3 is 1. The summed E-state index contributed by atoms with van der Waals surface area (Å²) in [6.07, 6.45) is 0. The summed E-state index contributed by atoms with van der Waals surface area (Å²) < 4.78 is 5.42. The van der Waals surface area contributed by atoms with Crippen molar-refractivity contribution in [2.75, 3.05) is 14.2 Å². The molecule has 1 amide bonds. The molecule has 2 aromatic rings. The third-order valence-electron chi connectivity index (χ3n) is 3.59. The molecule has 1 atom stereocenters. The van der Waals surface area contributed by atoms with Crippen LogP contribution in [0.5, 0.6) is 5.75 Å². The highest BCUT2D eigenvalue weighted by Gasteiger charge is 2.16. The molecular weight excluding hydrogens is 284 g/mol. The van der Waals surface area contributed by atoms with Crippen LogP contribution in [0.1, 0.15) is 33.8 Å². The minimum atomic E-state index is -0.377. The van der Waals surface area contributed by atoms with Crippen LogP contribution >= 0.6 is 11.3 Å². The van der Waals surface area contributed by atoms with Crippen molar-refractivity contribution >= 4 is 17.2 Å². The van der Waals surface area contributed by atoms with Gasteiger partial charge in [-0.2, -0.15) is 0 Å². The summed E-state index contributed by atoms with van der Waals surface area (Å²) in [5.41, 5.74) is 7.01. The Hall–Kier alpha value is -1.85. The molecule has 0 spiro atoms. The molecule has 5 heteroatoms. The fourth-order valence-electron chi connectivity index (χ4n) is 2.22. The third-order valence-corrected chi connectivity index (χ3v) is 4.52. The normalized spacial score (nSPS) is 12.4. The molecule has 0 aliphatic carbocycles. The Bertz CT molecular complexity index is 624. The number of amides is 1. The monoisotopic (exact) mass is 304 g/mol. The van der Waals surface area contributed by atoms with E-state index in [4.69, 9.17) is 10.5 Å². The van der Waals surface area contributed by atoms with Crippen molar-refractivity contribution in [3.63, 3.8) is 0 Å². The van der Waals surface area contributed by atoms with Crippen molar-refractivity contribution in [2.45, 2.75) is 19.5 Å². The smallest absolute Gasteiger partial charge is 0.249 e. The van der Waals surface area contributed by atoms with Gasteiger partial charge >= 0.3 is 0 Å². The van der Waals surface area contributed by atoms with E-state index >= 15 is 0 Å². The lowest BCUT2D eigenvalue weighted by Crippen LogP contribution is -2.22. The molecular formula is C16H20N2O2S. The first-order valence-electron chi connectivity index (χ1n) is 6.73. The quantitative estimate of drug-likeness (QED) is 0.892. The topological polar surface area (TPSA) is 55.6 Å². The molecule has 4 nitrogen and oxygen atoms in total. The van der Waals surface area contributed by atoms with Crippen LogP contribution in [0, 0.1) is 0 Å². The van der Waals surface area contributed by atoms with Crippen molar-refractivity contribution in [1.82, 2.24) is 4.90 Å². The Balaban J connectivity index is 2.11. The summed E-state index contributed by atoms with van der Waals surface area (Å²) in [7, 11) is 3.74. The highest BCUT2D eigenvalue weighted by molar-refractivity contribution is 7.10. The predicted molar refractivity (Wildman–Crippen MR) is 85.7 cm³/mol. The standard InChI is InChI=1S/C16H20N2O2S/c1-11(14-6-4-5-7-15(14)20-3)18(2)9-13-8-12(10-21-13)16(17)19/h4-8,10-11H,9H2,1-3H3,(H2,17,19)/t11-/m1/s1. The van der Waals surface area contributed by atoms with E-state index in [2.05, 4.69) is 24.9 Å². The van der Waals surface area contributed by atoms with Crippen molar-refractivity contribution in [3.05, 3.63) is 51.7 Å². The van der Waals surface area contributed by atoms with E-state index in [1.165, 1.54) is 0 Å². The number of carbonyl (C=O) groups is 1. The van der Waals surface area contributed by atoms with Crippen molar-refractivity contribution < 1.29 is 9.53 Å². The Labute approximate surface area is 129 Å². The van der Waals surface area contributed by atoms with Crippen LogP contribution in [0.4, 0.5) is 0 Å². The van der Waals surface area contributed by atoms with Crippen LogP contribution in [0.25, 0.3) is 0 Å². The molecule has 0 saturated carbocycles. The van der Waals surface area contributed by atoms with Crippen LogP contribution in [-0.4, -0.2) is 25.0 Å². The second kappa shape index (κ2) is 6.74. The molecule has 0 bridgehead atoms. The average Bonchev–Trinajstić information content (AvgIpc) is 2.95. The fraction of sp³-hybridized carbons (Fsp3) is 0.312. The summed E-state index contributed by atoms with van der Waals surface area (Å²) in [6, 6.07) is 10.1. The van der Waals surface area contributed by atoms with Gasteiger partial charge in [-0.3, -0.25) is 9.69 Å². The van der Waals surface area contributed by atoms with E-state index in [1.807, 2.05) is 24.3 Å². The molecule has 1 heterocycles. The maximum Gasteiger partial charge on any atom is 0.249 e. The zero-order valence-corrected chi connectivity index (χ0v) is 13.3. The number of thiophene rings is 1. The number of primary amides is 1. The number of nitrogens with zero attached hydrogens (tertiary/aromatic N) is 1. The Morgan fingerprint density at radius 2 is 2.14 bits per heavy atom. The van der Waals surface area contributed by atoms with Gasteiger partial charge in [0.15, 0.2) is 0 Å². The molecule has 0 saturated heterocycles. The van der Waals surface area contributed by atoms with Gasteiger partial charge in [0.05, 0.1) is 12.7 Å². The summed E-state index contributed by atoms with van der Waals surface area (Å²) in [4.78, 5) is 14.5. The Morgan fingerprint density at radius 3 is 2.76 bits per heavy atom. The van der Waals surface area contributed by atoms with Gasteiger partial charge in [-0.25, -0.2) is 0 Å². The molecule has 0 aliphatic heterocycles. The molecule has 0 fully saturated rings. The first kappa shape index (κ1) is 15.5. The first-order chi connectivity index (χ1) is 10.0. The predicted octanol–water partition coefficient (Wildman–Crippen LogP) is 3.05. The molecule has 1 aromatic carbocycles. The number of carbonyl (C=O) groups excluding carboxylic acids is 1. The molecule has 21 heavy (non-hydrogen) atoms. The maximum atomic E-state index is 11.1. The molecule has 0 radical (unpaired) electrons. The summed E-state index contributed by atoms with van der Waals surface area (Å²) >= 11 is 1.56. The molecule has 1 aromatic heterocycles. The number of hydrogen-bond acceptors (Lipinski definition) is 4. The van der Waals surface area contributed by atoms with Gasteiger partial charge < -0.3 is 10.5 Å². The zero-order valence-electron chi connectivity index (χ0n) is 12.5. The SMILES string of the molecule is COc1ccccc1[C@@H](C)N(C)Cc1cc(C(N)=O)cs1. The van der Waals surface area contributed by atoms with E-state index in [0.29, 0.717) is 5.56 Å². The van der Waals surface area contributed by atoms with Gasteiger partial charge in [0, 0.05) is 28.4 Å². The van der Waals surface area contributed by atoms with Gasteiger partial charge in [0.25, 0.3) is 0 Å². The lowest BCUT2D eigenvalue weighted by atomic mass is 10.1. The van der Waals surface area contributed by atoms with Crippen molar-refractivity contribution in [1.29, 1.82) is 0 Å². The minimum Gasteiger partial charge on any atom is -0.496 e. The number of rotatable bonds is 6. The largest absolute Gasteiger partial charge is 0.496 e. The van der Waals surface area contributed by atoms with Crippen LogP contribution in [0.15, 0.2) is 35.7 Å². The second-order valence-corrected chi connectivity index (χ2v) is 5.99. The van der Waals surface area contributed by atoms with Crippen molar-refractivity contribution in [3.8, 4) is 5.75 Å². The van der Waals surface area contributed by atoms with Gasteiger partial charge in [-0.15, -0.1) is 11.3 Å². The number of ether oxygens (including phenoxy) is 1. The number of hydrogen-bond donors (Lipinski definition) is 1. The van der Waals surface area contributed by atoms with E-state index < -0.39 is 0 Å². The lowest BCUT2D eigenvalue weighted by Gasteiger charge is -2.25. The molecule has 2 rings (SSSR count). The van der Waals surface area contributed by atoms with Crippen LogP contribution < -0.4 is 10.5 Å². The van der Waals surface area contributed by atoms with Gasteiger partial charge in [0.2, 0.25) is 5.91 Å². The Morgan fingerprint density at radius 1 is 1.43 bits per heavy atom. The van der Waals surface area contributed by atoms with E-state index in [9.17, 15) is 4.79 Å². The van der Waals surface area contributed by atoms with Crippen LogP contribution in [0.3, 0.4) is 0 Å². The second-order valence-electron chi connectivity index (χ2n) is 5.00. The first-order valence-corrected chi connectivity index (χ1v) is 7.61. The van der Waals surface area contributed by atoms with Crippen molar-refractivity contribution in [2.24, 2.45) is 5.73 Å². The van der Waals surface area contributed by atoms with Gasteiger partial charge in [0.1, 0.15) is 5.75 Å². The fourth-order valence-corrected chi connectivity index (χ4v) is 3.16. The molecule has 112 valence electrons. The highest BCUT2D eigenvalue weighted by Crippen LogP contribution is 2.29. The zero-order chi connectivity index (χ0) is 15.4. The number of benzene rings is 1. The van der Waals surface area contributed by atoms with Gasteiger partial charge in [-0.05, 0) is 26.1 Å². The van der Waals surface area contributed by atoms with Crippen LogP contribution in [-0.2, 0) is 6.54 Å². The third kappa shape index (κ3) is 3.62. The number of para-hydroxylation sites is 1. The van der Waals surface area contributed by atoms with E-state index in [0.717, 1.165) is 22.7 Å². The lowest BCUT2D eigenvalue weighted by molar-refractivity contribution is 0.100. The van der Waals surface area contributed by atoms with E-state index in [-0.39, 0.29) is 11.9 Å². The molecule has 0 unspecified atom stereocenters. The average molecular weight is 304 g/mol. The minimum absolute atomic E-state index is 0.209. The molecule has 0 aliphatic rings. The summed E-state index contributed by atoms with van der Waals surface area (Å²) in [5.74, 6) is 0.513. The van der Waals surface area contributed by atoms with Gasteiger partial charge in [-0.1, -0.05) is 18.2 Å². The molecule has 2 N–H and O–H groups in total. The number of nitrogens with two attached hydrogens (primary N) is 1. The Kier molecular flexibility index (Phi) is 4.98. The van der Waals surface area contributed by atoms with Crippen LogP contribution in [0.2, 0.25) is 0 Å². The highest BCUT2D eigenvalue weighted by atomic mass is 32.1. The summed E-state index contributed by atoms with van der Waals surface area (Å²) in [5, 5.41) is 1.80.